The van der Waals surface area contributed by atoms with Crippen LogP contribution in [0.4, 0.5) is 13.2 Å². The van der Waals surface area contributed by atoms with Crippen LogP contribution in [-0.2, 0) is 10.9 Å². The van der Waals surface area contributed by atoms with Gasteiger partial charge in [-0.25, -0.2) is 0 Å². The number of hydrogen-bond donors (Lipinski definition) is 1. The van der Waals surface area contributed by atoms with Crippen LogP contribution in [0.15, 0.2) is 18.2 Å². The SMILES string of the molecule is COC1CCC(n2c(=S)[nH]c3cc(C(F)(F)F)ccc32)C1. The predicted molar refractivity (Wildman–Crippen MR) is 75.8 cm³/mol. The van der Waals surface area contributed by atoms with Gasteiger partial charge in [-0.05, 0) is 49.7 Å². The standard InChI is InChI=1S/C14H15F3N2OS/c1-20-10-4-3-9(7-10)19-12-5-2-8(14(15,16)17)6-11(12)18-13(19)21/h2,5-6,9-10H,3-4,7H2,1H3,(H,18,21). The number of aromatic amines is 1. The molecule has 2 atom stereocenters. The van der Waals surface area contributed by atoms with E-state index in [1.807, 2.05) is 4.57 Å². The first-order valence-corrected chi connectivity index (χ1v) is 7.15. The molecule has 1 aliphatic rings. The van der Waals surface area contributed by atoms with Gasteiger partial charge in [0.05, 0.1) is 22.7 Å². The molecular weight excluding hydrogens is 301 g/mol. The number of H-pyrrole nitrogens is 1. The first-order chi connectivity index (χ1) is 9.90. The van der Waals surface area contributed by atoms with Crippen LogP contribution in [0, 0.1) is 4.77 Å². The number of nitrogens with one attached hydrogen (secondary N) is 1. The van der Waals surface area contributed by atoms with Crippen molar-refractivity contribution in [2.75, 3.05) is 7.11 Å². The van der Waals surface area contributed by atoms with Crippen LogP contribution in [-0.4, -0.2) is 22.8 Å². The highest BCUT2D eigenvalue weighted by molar-refractivity contribution is 7.71. The van der Waals surface area contributed by atoms with Crippen molar-refractivity contribution in [2.24, 2.45) is 0 Å². The van der Waals surface area contributed by atoms with Gasteiger partial charge in [-0.15, -0.1) is 0 Å². The van der Waals surface area contributed by atoms with E-state index in [2.05, 4.69) is 4.98 Å². The van der Waals surface area contributed by atoms with Gasteiger partial charge in [0, 0.05) is 13.2 Å². The predicted octanol–water partition coefficient (Wildman–Crippen LogP) is 4.46. The summed E-state index contributed by atoms with van der Waals surface area (Å²) in [6.45, 7) is 0. The zero-order chi connectivity index (χ0) is 15.2. The molecular formula is C14H15F3N2OS. The number of rotatable bonds is 2. The fourth-order valence-electron chi connectivity index (χ4n) is 3.04. The van der Waals surface area contributed by atoms with Crippen molar-refractivity contribution >= 4 is 23.3 Å². The van der Waals surface area contributed by atoms with Gasteiger partial charge in [0.15, 0.2) is 4.77 Å². The Bertz CT molecular complexity index is 719. The number of imidazole rings is 1. The van der Waals surface area contributed by atoms with Gasteiger partial charge in [-0.3, -0.25) is 0 Å². The first kappa shape index (κ1) is 14.6. The summed E-state index contributed by atoms with van der Waals surface area (Å²) in [5.41, 5.74) is 0.477. The summed E-state index contributed by atoms with van der Waals surface area (Å²) in [7, 11) is 1.68. The number of methoxy groups -OCH3 is 1. The quantitative estimate of drug-likeness (QED) is 0.829. The van der Waals surface area contributed by atoms with Crippen molar-refractivity contribution in [3.05, 3.63) is 28.5 Å². The molecule has 3 rings (SSSR count). The molecule has 1 N–H and O–H groups in total. The summed E-state index contributed by atoms with van der Waals surface area (Å²) in [6.07, 6.45) is -1.47. The molecule has 1 aromatic heterocycles. The number of fused-ring (bicyclic) bond motifs is 1. The van der Waals surface area contributed by atoms with E-state index in [9.17, 15) is 13.2 Å². The number of ether oxygens (including phenoxy) is 1. The topological polar surface area (TPSA) is 29.9 Å². The highest BCUT2D eigenvalue weighted by Crippen LogP contribution is 2.36. The Morgan fingerprint density at radius 1 is 1.33 bits per heavy atom. The third kappa shape index (κ3) is 2.60. The highest BCUT2D eigenvalue weighted by Gasteiger charge is 2.32. The fraction of sp³-hybridized carbons (Fsp3) is 0.500. The lowest BCUT2D eigenvalue weighted by molar-refractivity contribution is -0.137. The van der Waals surface area contributed by atoms with E-state index in [-0.39, 0.29) is 12.1 Å². The summed E-state index contributed by atoms with van der Waals surface area (Å²) in [4.78, 5) is 2.89. The smallest absolute Gasteiger partial charge is 0.381 e. The van der Waals surface area contributed by atoms with Crippen molar-refractivity contribution < 1.29 is 17.9 Å². The number of aromatic nitrogens is 2. The number of benzene rings is 1. The normalized spacial score (nSPS) is 23.0. The average Bonchev–Trinajstić information content (AvgIpc) is 2.99. The molecule has 0 aliphatic heterocycles. The van der Waals surface area contributed by atoms with E-state index in [4.69, 9.17) is 17.0 Å². The monoisotopic (exact) mass is 316 g/mol. The van der Waals surface area contributed by atoms with E-state index in [1.54, 1.807) is 7.11 Å². The van der Waals surface area contributed by atoms with Crippen LogP contribution in [0.2, 0.25) is 0 Å². The molecule has 3 nitrogen and oxygen atoms in total. The molecule has 0 saturated heterocycles. The first-order valence-electron chi connectivity index (χ1n) is 6.74. The minimum absolute atomic E-state index is 0.174. The van der Waals surface area contributed by atoms with Crippen molar-refractivity contribution in [1.29, 1.82) is 0 Å². The van der Waals surface area contributed by atoms with Crippen LogP contribution in [0.1, 0.15) is 30.9 Å². The van der Waals surface area contributed by atoms with E-state index in [0.29, 0.717) is 10.3 Å². The van der Waals surface area contributed by atoms with Gasteiger partial charge >= 0.3 is 6.18 Å². The lowest BCUT2D eigenvalue weighted by Crippen LogP contribution is -2.09. The largest absolute Gasteiger partial charge is 0.416 e. The molecule has 21 heavy (non-hydrogen) atoms. The molecule has 2 unspecified atom stereocenters. The molecule has 0 radical (unpaired) electrons. The van der Waals surface area contributed by atoms with Gasteiger partial charge in [-0.1, -0.05) is 0 Å². The van der Waals surface area contributed by atoms with E-state index < -0.39 is 11.7 Å². The maximum atomic E-state index is 12.8. The molecule has 1 fully saturated rings. The molecule has 0 spiro atoms. The van der Waals surface area contributed by atoms with Gasteiger partial charge in [0.1, 0.15) is 0 Å². The van der Waals surface area contributed by atoms with Crippen LogP contribution in [0.25, 0.3) is 11.0 Å². The van der Waals surface area contributed by atoms with Crippen LogP contribution >= 0.6 is 12.2 Å². The van der Waals surface area contributed by atoms with Crippen LogP contribution < -0.4 is 0 Å². The molecule has 0 bridgehead atoms. The number of nitrogens with zero attached hydrogens (tertiary/aromatic N) is 1. The lowest BCUT2D eigenvalue weighted by Gasteiger charge is -2.14. The molecule has 1 saturated carbocycles. The zero-order valence-electron chi connectivity index (χ0n) is 11.4. The summed E-state index contributed by atoms with van der Waals surface area (Å²) in [5.74, 6) is 0. The molecule has 2 aromatic rings. The Hall–Kier alpha value is -1.34. The van der Waals surface area contributed by atoms with Crippen molar-refractivity contribution in [3.63, 3.8) is 0 Å². The molecule has 1 heterocycles. The number of alkyl halides is 3. The van der Waals surface area contributed by atoms with Gasteiger partial charge in [0.2, 0.25) is 0 Å². The summed E-state index contributed by atoms with van der Waals surface area (Å²) in [5, 5.41) is 0. The zero-order valence-corrected chi connectivity index (χ0v) is 12.2. The highest BCUT2D eigenvalue weighted by atomic mass is 32.1. The van der Waals surface area contributed by atoms with Crippen LogP contribution in [0.3, 0.4) is 0 Å². The minimum Gasteiger partial charge on any atom is -0.381 e. The molecule has 0 amide bonds. The second-order valence-corrected chi connectivity index (χ2v) is 5.74. The number of halogens is 3. The van der Waals surface area contributed by atoms with E-state index in [1.165, 1.54) is 6.07 Å². The third-order valence-electron chi connectivity index (χ3n) is 4.10. The molecule has 7 heteroatoms. The minimum atomic E-state index is -4.35. The Morgan fingerprint density at radius 3 is 2.71 bits per heavy atom. The summed E-state index contributed by atoms with van der Waals surface area (Å²) < 4.78 is 46.0. The van der Waals surface area contributed by atoms with Crippen molar-refractivity contribution in [1.82, 2.24) is 9.55 Å². The molecule has 1 aliphatic carbocycles. The fourth-order valence-corrected chi connectivity index (χ4v) is 3.39. The summed E-state index contributed by atoms with van der Waals surface area (Å²) >= 11 is 5.29. The Morgan fingerprint density at radius 2 is 2.10 bits per heavy atom. The van der Waals surface area contributed by atoms with Crippen molar-refractivity contribution in [2.45, 2.75) is 37.6 Å². The Labute approximate surface area is 124 Å². The van der Waals surface area contributed by atoms with Crippen molar-refractivity contribution in [3.8, 4) is 0 Å². The van der Waals surface area contributed by atoms with Gasteiger partial charge in [-0.2, -0.15) is 13.2 Å². The Kier molecular flexibility index (Phi) is 3.57. The Balaban J connectivity index is 2.05. The van der Waals surface area contributed by atoms with Crippen LogP contribution in [0.5, 0.6) is 0 Å². The molecule has 114 valence electrons. The van der Waals surface area contributed by atoms with Gasteiger partial charge in [0.25, 0.3) is 0 Å². The van der Waals surface area contributed by atoms with E-state index >= 15 is 0 Å². The second kappa shape index (κ2) is 5.14. The van der Waals surface area contributed by atoms with Gasteiger partial charge < -0.3 is 14.3 Å². The number of hydrogen-bond acceptors (Lipinski definition) is 2. The third-order valence-corrected chi connectivity index (χ3v) is 4.40. The average molecular weight is 316 g/mol. The summed E-state index contributed by atoms with van der Waals surface area (Å²) in [6, 6.07) is 3.88. The molecule has 1 aromatic carbocycles. The van der Waals surface area contributed by atoms with E-state index in [0.717, 1.165) is 36.9 Å². The maximum Gasteiger partial charge on any atom is 0.416 e. The maximum absolute atomic E-state index is 12.8. The lowest BCUT2D eigenvalue weighted by atomic mass is 10.1. The second-order valence-electron chi connectivity index (χ2n) is 5.35.